The van der Waals surface area contributed by atoms with Crippen molar-refractivity contribution in [2.75, 3.05) is 16.9 Å². The van der Waals surface area contributed by atoms with Crippen LogP contribution in [0.15, 0.2) is 36.4 Å². The van der Waals surface area contributed by atoms with E-state index in [1.807, 2.05) is 6.07 Å². The number of para-hydroxylation sites is 1. The summed E-state index contributed by atoms with van der Waals surface area (Å²) in [5, 5.41) is 3.49. The number of rotatable bonds is 3. The first kappa shape index (κ1) is 17.2. The molecule has 0 atom stereocenters. The van der Waals surface area contributed by atoms with Crippen LogP contribution in [-0.4, -0.2) is 28.7 Å². The second kappa shape index (κ2) is 7.91. The first-order chi connectivity index (χ1) is 11.5. The highest BCUT2D eigenvalue weighted by molar-refractivity contribution is 5.95. The number of amides is 3. The van der Waals surface area contributed by atoms with Gasteiger partial charge in [0.25, 0.3) is 5.95 Å². The quantitative estimate of drug-likeness (QED) is 0.844. The van der Waals surface area contributed by atoms with Crippen molar-refractivity contribution in [3.8, 4) is 0 Å². The minimum absolute atomic E-state index is 0.0363. The number of carbonyl (C=O) groups is 2. The SMILES string of the molecule is CCOC(=O)N(NC(=O)Nc1ccccc1)c1nc(C)cc(C)n1. The average molecular weight is 329 g/mol. The molecule has 0 unspecified atom stereocenters. The number of nitrogens with one attached hydrogen (secondary N) is 2. The maximum absolute atomic E-state index is 12.1. The minimum Gasteiger partial charge on any atom is -0.448 e. The van der Waals surface area contributed by atoms with Gasteiger partial charge in [0.2, 0.25) is 0 Å². The highest BCUT2D eigenvalue weighted by atomic mass is 16.6. The summed E-state index contributed by atoms with van der Waals surface area (Å²) in [4.78, 5) is 32.6. The highest BCUT2D eigenvalue weighted by Crippen LogP contribution is 2.10. The molecule has 0 aliphatic carbocycles. The van der Waals surface area contributed by atoms with Crippen molar-refractivity contribution >= 4 is 23.8 Å². The van der Waals surface area contributed by atoms with Gasteiger partial charge in [-0.25, -0.2) is 25.0 Å². The van der Waals surface area contributed by atoms with Crippen molar-refractivity contribution < 1.29 is 14.3 Å². The largest absolute Gasteiger partial charge is 0.448 e. The maximum atomic E-state index is 12.1. The van der Waals surface area contributed by atoms with Crippen LogP contribution in [0.1, 0.15) is 18.3 Å². The van der Waals surface area contributed by atoms with Crippen LogP contribution in [-0.2, 0) is 4.74 Å². The molecule has 0 saturated heterocycles. The lowest BCUT2D eigenvalue weighted by atomic mass is 10.3. The van der Waals surface area contributed by atoms with Crippen molar-refractivity contribution in [2.45, 2.75) is 20.8 Å². The fraction of sp³-hybridized carbons (Fsp3) is 0.250. The van der Waals surface area contributed by atoms with E-state index in [4.69, 9.17) is 4.74 Å². The third-order valence-corrected chi connectivity index (χ3v) is 2.87. The molecule has 0 radical (unpaired) electrons. The number of ether oxygens (including phenoxy) is 1. The van der Waals surface area contributed by atoms with E-state index in [0.29, 0.717) is 17.1 Å². The standard InChI is InChI=1S/C16H19N5O3/c1-4-24-16(23)21(14-17-11(2)10-12(3)18-14)20-15(22)19-13-8-6-5-7-9-13/h5-10H,4H2,1-3H3,(H2,19,20,22). The lowest BCUT2D eigenvalue weighted by molar-refractivity contribution is 0.156. The molecule has 24 heavy (non-hydrogen) atoms. The zero-order chi connectivity index (χ0) is 17.5. The lowest BCUT2D eigenvalue weighted by Crippen LogP contribution is -2.49. The van der Waals surface area contributed by atoms with Crippen LogP contribution in [0.5, 0.6) is 0 Å². The van der Waals surface area contributed by atoms with Crippen molar-refractivity contribution in [3.05, 3.63) is 47.8 Å². The second-order valence-electron chi connectivity index (χ2n) is 4.92. The smallest absolute Gasteiger partial charge is 0.436 e. The van der Waals surface area contributed by atoms with Gasteiger partial charge < -0.3 is 10.1 Å². The van der Waals surface area contributed by atoms with Crippen LogP contribution in [0, 0.1) is 13.8 Å². The molecule has 8 heteroatoms. The molecule has 0 saturated carbocycles. The molecule has 0 bridgehead atoms. The van der Waals surface area contributed by atoms with Gasteiger partial charge in [0.05, 0.1) is 6.61 Å². The number of carbonyl (C=O) groups excluding carboxylic acids is 2. The normalized spacial score (nSPS) is 9.96. The zero-order valence-corrected chi connectivity index (χ0v) is 13.7. The molecule has 1 aromatic heterocycles. The van der Waals surface area contributed by atoms with Crippen LogP contribution in [0.25, 0.3) is 0 Å². The van der Waals surface area contributed by atoms with E-state index in [9.17, 15) is 9.59 Å². The van der Waals surface area contributed by atoms with Gasteiger partial charge in [0.15, 0.2) is 0 Å². The fourth-order valence-corrected chi connectivity index (χ4v) is 1.95. The monoisotopic (exact) mass is 329 g/mol. The highest BCUT2D eigenvalue weighted by Gasteiger charge is 2.23. The van der Waals surface area contributed by atoms with Crippen molar-refractivity contribution in [3.63, 3.8) is 0 Å². The number of aromatic nitrogens is 2. The van der Waals surface area contributed by atoms with E-state index >= 15 is 0 Å². The Labute approximate surface area is 139 Å². The lowest BCUT2D eigenvalue weighted by Gasteiger charge is -2.21. The number of hydrogen-bond acceptors (Lipinski definition) is 5. The number of aryl methyl sites for hydroxylation is 2. The van der Waals surface area contributed by atoms with Crippen molar-refractivity contribution in [2.24, 2.45) is 0 Å². The van der Waals surface area contributed by atoms with Crippen molar-refractivity contribution in [1.82, 2.24) is 15.4 Å². The summed E-state index contributed by atoms with van der Waals surface area (Å²) in [6.45, 7) is 5.36. The molecule has 1 heterocycles. The minimum atomic E-state index is -0.772. The summed E-state index contributed by atoms with van der Waals surface area (Å²) in [5.74, 6) is 0.0363. The van der Waals surface area contributed by atoms with E-state index < -0.39 is 12.1 Å². The van der Waals surface area contributed by atoms with Crippen LogP contribution in [0.4, 0.5) is 21.2 Å². The molecular formula is C16H19N5O3. The summed E-state index contributed by atoms with van der Waals surface area (Å²) in [6.07, 6.45) is -0.772. The summed E-state index contributed by atoms with van der Waals surface area (Å²) >= 11 is 0. The molecule has 0 spiro atoms. The summed E-state index contributed by atoms with van der Waals surface area (Å²) in [7, 11) is 0. The van der Waals surface area contributed by atoms with Crippen LogP contribution in [0.2, 0.25) is 0 Å². The maximum Gasteiger partial charge on any atom is 0.436 e. The third kappa shape index (κ3) is 4.67. The number of hydrazine groups is 1. The molecule has 8 nitrogen and oxygen atoms in total. The fourth-order valence-electron chi connectivity index (χ4n) is 1.95. The number of nitrogens with zero attached hydrogens (tertiary/aromatic N) is 3. The zero-order valence-electron chi connectivity index (χ0n) is 13.7. The van der Waals surface area contributed by atoms with Crippen LogP contribution >= 0.6 is 0 Å². The summed E-state index contributed by atoms with van der Waals surface area (Å²) < 4.78 is 4.95. The molecule has 0 fully saturated rings. The van der Waals surface area contributed by atoms with Gasteiger partial charge >= 0.3 is 12.1 Å². The van der Waals surface area contributed by atoms with Crippen LogP contribution in [0.3, 0.4) is 0 Å². The Morgan fingerprint density at radius 2 is 1.75 bits per heavy atom. The molecule has 2 N–H and O–H groups in total. The Kier molecular flexibility index (Phi) is 5.67. The number of anilines is 2. The van der Waals surface area contributed by atoms with E-state index in [-0.39, 0.29) is 12.6 Å². The molecule has 0 aliphatic rings. The topological polar surface area (TPSA) is 96.5 Å². The Hall–Kier alpha value is -3.16. The third-order valence-electron chi connectivity index (χ3n) is 2.87. The number of urea groups is 1. The van der Waals surface area contributed by atoms with E-state index in [0.717, 1.165) is 5.01 Å². The Morgan fingerprint density at radius 1 is 1.12 bits per heavy atom. The van der Waals surface area contributed by atoms with Gasteiger partial charge in [-0.15, -0.1) is 5.01 Å². The molecule has 1 aromatic carbocycles. The second-order valence-corrected chi connectivity index (χ2v) is 4.92. The molecule has 126 valence electrons. The van der Waals surface area contributed by atoms with Gasteiger partial charge in [-0.2, -0.15) is 0 Å². The van der Waals surface area contributed by atoms with Crippen molar-refractivity contribution in [1.29, 1.82) is 0 Å². The van der Waals surface area contributed by atoms with Gasteiger partial charge in [0.1, 0.15) is 0 Å². The van der Waals surface area contributed by atoms with Gasteiger partial charge in [0, 0.05) is 17.1 Å². The molecular weight excluding hydrogens is 310 g/mol. The molecule has 0 aliphatic heterocycles. The first-order valence-electron chi connectivity index (χ1n) is 7.41. The van der Waals surface area contributed by atoms with E-state index in [2.05, 4.69) is 20.7 Å². The number of benzene rings is 1. The first-order valence-corrected chi connectivity index (χ1v) is 7.41. The average Bonchev–Trinajstić information content (AvgIpc) is 2.52. The van der Waals surface area contributed by atoms with E-state index in [1.165, 1.54) is 0 Å². The Balaban J connectivity index is 2.20. The van der Waals surface area contributed by atoms with Crippen LogP contribution < -0.4 is 15.8 Å². The van der Waals surface area contributed by atoms with E-state index in [1.54, 1.807) is 51.1 Å². The number of hydrogen-bond donors (Lipinski definition) is 2. The van der Waals surface area contributed by atoms with Gasteiger partial charge in [-0.3, -0.25) is 0 Å². The predicted octanol–water partition coefficient (Wildman–Crippen LogP) is 2.79. The summed E-state index contributed by atoms with van der Waals surface area (Å²) in [6, 6.07) is 9.99. The Bertz CT molecular complexity index is 701. The molecule has 3 amide bonds. The molecule has 2 aromatic rings. The van der Waals surface area contributed by atoms with Gasteiger partial charge in [-0.05, 0) is 39.0 Å². The Morgan fingerprint density at radius 3 is 2.33 bits per heavy atom. The molecule has 2 rings (SSSR count). The van der Waals surface area contributed by atoms with Gasteiger partial charge in [-0.1, -0.05) is 18.2 Å². The predicted molar refractivity (Wildman–Crippen MR) is 89.6 cm³/mol. The summed E-state index contributed by atoms with van der Waals surface area (Å²) in [5.41, 5.74) is 4.32.